The zero-order valence-corrected chi connectivity index (χ0v) is 23.5. The average Bonchev–Trinajstić information content (AvgIpc) is 3.33. The lowest BCUT2D eigenvalue weighted by Gasteiger charge is -2.26. The number of methoxy groups -OCH3 is 1. The fourth-order valence-electron chi connectivity index (χ4n) is 5.04. The third-order valence-corrected chi connectivity index (χ3v) is 9.04. The SMILES string of the molecule is CCc1ccc(NC(=O)c2nn3c(C)cc(C)nc3c2-c2ccc(OC)c(S(=O)(=O)N3CCCCC3)c2)cc1. The molecule has 0 spiro atoms. The fraction of sp³-hybridized carbons (Fsp3) is 0.345. The van der Waals surface area contributed by atoms with Crippen LogP contribution >= 0.6 is 0 Å². The quantitative estimate of drug-likeness (QED) is 0.349. The number of carbonyl (C=O) groups is 1. The Morgan fingerprint density at radius 3 is 2.41 bits per heavy atom. The summed E-state index contributed by atoms with van der Waals surface area (Å²) in [5, 5.41) is 7.57. The molecule has 0 saturated carbocycles. The van der Waals surface area contributed by atoms with E-state index in [1.807, 2.05) is 44.2 Å². The van der Waals surface area contributed by atoms with E-state index in [1.165, 1.54) is 11.4 Å². The number of nitrogens with zero attached hydrogens (tertiary/aromatic N) is 4. The van der Waals surface area contributed by atoms with Gasteiger partial charge in [0, 0.05) is 30.2 Å². The first-order valence-corrected chi connectivity index (χ1v) is 14.6. The number of hydrogen-bond acceptors (Lipinski definition) is 6. The molecule has 10 heteroatoms. The Kier molecular flexibility index (Phi) is 7.42. The van der Waals surface area contributed by atoms with Gasteiger partial charge in [-0.3, -0.25) is 4.79 Å². The predicted octanol–water partition coefficient (Wildman–Crippen LogP) is 5.01. The van der Waals surface area contributed by atoms with E-state index in [2.05, 4.69) is 17.3 Å². The van der Waals surface area contributed by atoms with Crippen LogP contribution in [0.25, 0.3) is 16.8 Å². The maximum atomic E-state index is 13.7. The number of benzene rings is 2. The number of amides is 1. The maximum absolute atomic E-state index is 13.7. The highest BCUT2D eigenvalue weighted by Crippen LogP contribution is 2.36. The molecule has 204 valence electrons. The Bertz CT molecular complexity index is 1640. The number of aryl methyl sites for hydroxylation is 3. The number of fused-ring (bicyclic) bond motifs is 1. The van der Waals surface area contributed by atoms with Crippen LogP contribution in [-0.4, -0.2) is 53.4 Å². The van der Waals surface area contributed by atoms with Gasteiger partial charge in [0.2, 0.25) is 10.0 Å². The van der Waals surface area contributed by atoms with E-state index < -0.39 is 15.9 Å². The van der Waals surface area contributed by atoms with Crippen molar-refractivity contribution in [3.63, 3.8) is 0 Å². The minimum absolute atomic E-state index is 0.0645. The van der Waals surface area contributed by atoms with Gasteiger partial charge in [-0.1, -0.05) is 31.5 Å². The van der Waals surface area contributed by atoms with Crippen molar-refractivity contribution in [1.29, 1.82) is 0 Å². The Morgan fingerprint density at radius 2 is 1.74 bits per heavy atom. The summed E-state index contributed by atoms with van der Waals surface area (Å²) in [5.74, 6) is -0.156. The van der Waals surface area contributed by atoms with Crippen molar-refractivity contribution in [2.24, 2.45) is 0 Å². The van der Waals surface area contributed by atoms with E-state index in [1.54, 1.807) is 22.7 Å². The van der Waals surface area contributed by atoms with Crippen molar-refractivity contribution in [3.05, 3.63) is 71.2 Å². The molecule has 1 saturated heterocycles. The number of carbonyl (C=O) groups excluding carboxylic acids is 1. The van der Waals surface area contributed by atoms with Gasteiger partial charge in [-0.2, -0.15) is 9.40 Å². The molecule has 0 atom stereocenters. The molecular weight excluding hydrogens is 514 g/mol. The maximum Gasteiger partial charge on any atom is 0.276 e. The molecule has 4 aromatic rings. The number of piperidine rings is 1. The standard InChI is InChI=1S/C29H33N5O4S/c1-5-21-9-12-23(13-10-21)31-29(35)27-26(28-30-19(2)17-20(3)34(28)32-27)22-11-14-24(38-4)25(18-22)39(36,37)33-15-7-6-8-16-33/h9-14,17-18H,5-8,15-16H2,1-4H3,(H,31,35). The predicted molar refractivity (Wildman–Crippen MR) is 151 cm³/mol. The van der Waals surface area contributed by atoms with Crippen LogP contribution in [0.4, 0.5) is 5.69 Å². The summed E-state index contributed by atoms with van der Waals surface area (Å²) in [6.45, 7) is 6.78. The fourth-order valence-corrected chi connectivity index (χ4v) is 6.74. The van der Waals surface area contributed by atoms with Crippen LogP contribution in [0.3, 0.4) is 0 Å². The Hall–Kier alpha value is -3.76. The number of nitrogens with one attached hydrogen (secondary N) is 1. The van der Waals surface area contributed by atoms with Crippen molar-refractivity contribution in [3.8, 4) is 16.9 Å². The van der Waals surface area contributed by atoms with Crippen molar-refractivity contribution < 1.29 is 17.9 Å². The van der Waals surface area contributed by atoms with Gasteiger partial charge < -0.3 is 10.1 Å². The summed E-state index contributed by atoms with van der Waals surface area (Å²) in [4.78, 5) is 18.4. The summed E-state index contributed by atoms with van der Waals surface area (Å²) in [7, 11) is -2.36. The van der Waals surface area contributed by atoms with Gasteiger partial charge in [-0.05, 0) is 74.6 Å². The molecule has 0 radical (unpaired) electrons. The Labute approximate surface area is 228 Å². The largest absolute Gasteiger partial charge is 0.495 e. The van der Waals surface area contributed by atoms with Gasteiger partial charge in [0.1, 0.15) is 10.6 Å². The zero-order valence-electron chi connectivity index (χ0n) is 22.7. The van der Waals surface area contributed by atoms with Gasteiger partial charge in [-0.15, -0.1) is 0 Å². The molecule has 1 fully saturated rings. The topological polar surface area (TPSA) is 106 Å². The molecule has 39 heavy (non-hydrogen) atoms. The van der Waals surface area contributed by atoms with Crippen LogP contribution in [-0.2, 0) is 16.4 Å². The number of ether oxygens (including phenoxy) is 1. The highest BCUT2D eigenvalue weighted by Gasteiger charge is 2.31. The van der Waals surface area contributed by atoms with Gasteiger partial charge in [0.15, 0.2) is 11.3 Å². The highest BCUT2D eigenvalue weighted by molar-refractivity contribution is 7.89. The van der Waals surface area contributed by atoms with Gasteiger partial charge in [0.25, 0.3) is 5.91 Å². The number of hydrogen-bond donors (Lipinski definition) is 1. The molecule has 0 unspecified atom stereocenters. The molecule has 0 bridgehead atoms. The van der Waals surface area contributed by atoms with E-state index >= 15 is 0 Å². The van der Waals surface area contributed by atoms with Crippen LogP contribution in [0.2, 0.25) is 0 Å². The lowest BCUT2D eigenvalue weighted by molar-refractivity contribution is 0.102. The summed E-state index contributed by atoms with van der Waals surface area (Å²) in [5.41, 5.74) is 4.99. The lowest BCUT2D eigenvalue weighted by Crippen LogP contribution is -2.35. The van der Waals surface area contributed by atoms with E-state index in [4.69, 9.17) is 9.72 Å². The number of anilines is 1. The Balaban J connectivity index is 1.66. The monoisotopic (exact) mass is 547 g/mol. The molecule has 0 aliphatic carbocycles. The third kappa shape index (κ3) is 5.14. The molecule has 1 N–H and O–H groups in total. The number of sulfonamides is 1. The van der Waals surface area contributed by atoms with Gasteiger partial charge in [-0.25, -0.2) is 17.9 Å². The van der Waals surface area contributed by atoms with E-state index in [0.717, 1.165) is 42.6 Å². The third-order valence-electron chi connectivity index (χ3n) is 7.12. The summed E-state index contributed by atoms with van der Waals surface area (Å²) in [6.07, 6.45) is 3.55. The number of rotatable bonds is 7. The first-order valence-electron chi connectivity index (χ1n) is 13.2. The van der Waals surface area contributed by atoms with E-state index in [-0.39, 0.29) is 16.3 Å². The molecule has 2 aromatic carbocycles. The minimum Gasteiger partial charge on any atom is -0.495 e. The molecule has 5 rings (SSSR count). The molecule has 2 aromatic heterocycles. The first-order chi connectivity index (χ1) is 18.7. The lowest BCUT2D eigenvalue weighted by atomic mass is 10.0. The zero-order chi connectivity index (χ0) is 27.7. The van der Waals surface area contributed by atoms with E-state index in [0.29, 0.717) is 35.6 Å². The van der Waals surface area contributed by atoms with Crippen LogP contribution < -0.4 is 10.1 Å². The number of aromatic nitrogens is 3. The van der Waals surface area contributed by atoms with Crippen molar-refractivity contribution in [2.75, 3.05) is 25.5 Å². The van der Waals surface area contributed by atoms with Crippen LogP contribution in [0.1, 0.15) is 53.6 Å². The molecule has 1 aliphatic rings. The van der Waals surface area contributed by atoms with Crippen molar-refractivity contribution >= 4 is 27.3 Å². The second kappa shape index (κ2) is 10.8. The molecule has 1 amide bonds. The van der Waals surface area contributed by atoms with Crippen molar-refractivity contribution in [2.45, 2.75) is 51.3 Å². The molecule has 1 aliphatic heterocycles. The minimum atomic E-state index is -3.82. The van der Waals surface area contributed by atoms with Gasteiger partial charge in [0.05, 0.1) is 12.7 Å². The highest BCUT2D eigenvalue weighted by atomic mass is 32.2. The van der Waals surface area contributed by atoms with Crippen LogP contribution in [0, 0.1) is 13.8 Å². The average molecular weight is 548 g/mol. The van der Waals surface area contributed by atoms with E-state index in [9.17, 15) is 13.2 Å². The van der Waals surface area contributed by atoms with Crippen LogP contribution in [0.5, 0.6) is 5.75 Å². The summed E-state index contributed by atoms with van der Waals surface area (Å²) >= 11 is 0. The molecular formula is C29H33N5O4S. The van der Waals surface area contributed by atoms with Crippen molar-refractivity contribution in [1.82, 2.24) is 18.9 Å². The second-order valence-electron chi connectivity index (χ2n) is 9.83. The normalized spacial score (nSPS) is 14.5. The molecule has 9 nitrogen and oxygen atoms in total. The second-order valence-corrected chi connectivity index (χ2v) is 11.7. The first kappa shape index (κ1) is 26.8. The van der Waals surface area contributed by atoms with Crippen LogP contribution in [0.15, 0.2) is 53.4 Å². The van der Waals surface area contributed by atoms with Gasteiger partial charge >= 0.3 is 0 Å². The summed E-state index contributed by atoms with van der Waals surface area (Å²) < 4.78 is 36.0. The Morgan fingerprint density at radius 1 is 1.03 bits per heavy atom. The summed E-state index contributed by atoms with van der Waals surface area (Å²) in [6, 6.07) is 14.5. The molecule has 3 heterocycles. The smallest absolute Gasteiger partial charge is 0.276 e.